The topological polar surface area (TPSA) is 20.2 Å². The Hall–Kier alpha value is -0.0400. The smallest absolute Gasteiger partial charge is 0.0624 e. The molecule has 0 radical (unpaired) electrons. The van der Waals surface area contributed by atoms with Crippen molar-refractivity contribution in [1.29, 1.82) is 0 Å². The molecule has 0 saturated heterocycles. The molecule has 1 N–H and O–H groups in total. The van der Waals surface area contributed by atoms with Crippen LogP contribution in [0.15, 0.2) is 0 Å². The minimum absolute atomic E-state index is 0.0241. The predicted molar refractivity (Wildman–Crippen MR) is 63.3 cm³/mol. The molecule has 0 aliphatic heterocycles. The van der Waals surface area contributed by atoms with Crippen LogP contribution in [0.5, 0.6) is 0 Å². The van der Waals surface area contributed by atoms with Gasteiger partial charge in [0.1, 0.15) is 0 Å². The van der Waals surface area contributed by atoms with E-state index < -0.39 is 0 Å². The summed E-state index contributed by atoms with van der Waals surface area (Å²) in [5, 5.41) is 10.4. The van der Waals surface area contributed by atoms with Crippen LogP contribution < -0.4 is 0 Å². The zero-order valence-corrected chi connectivity index (χ0v) is 11.0. The third kappa shape index (κ3) is 2.73. The lowest BCUT2D eigenvalue weighted by Gasteiger charge is -2.45. The lowest BCUT2D eigenvalue weighted by molar-refractivity contribution is -0.0629. The lowest BCUT2D eigenvalue weighted by Crippen LogP contribution is -2.44. The molecule has 0 saturated carbocycles. The van der Waals surface area contributed by atoms with Crippen molar-refractivity contribution in [3.63, 3.8) is 0 Å². The minimum Gasteiger partial charge on any atom is -0.392 e. The first kappa shape index (κ1) is 14.0. The van der Waals surface area contributed by atoms with Gasteiger partial charge in [0.15, 0.2) is 0 Å². The van der Waals surface area contributed by atoms with E-state index >= 15 is 0 Å². The van der Waals surface area contributed by atoms with Crippen LogP contribution in [0, 0.1) is 16.7 Å². The van der Waals surface area contributed by atoms with Gasteiger partial charge >= 0.3 is 0 Å². The van der Waals surface area contributed by atoms with E-state index in [1.165, 1.54) is 0 Å². The van der Waals surface area contributed by atoms with Crippen molar-refractivity contribution >= 4 is 0 Å². The first-order valence-electron chi connectivity index (χ1n) is 5.86. The summed E-state index contributed by atoms with van der Waals surface area (Å²) in [5.74, 6) is 0.434. The van der Waals surface area contributed by atoms with E-state index in [9.17, 15) is 5.11 Å². The maximum absolute atomic E-state index is 10.4. The van der Waals surface area contributed by atoms with Crippen LogP contribution >= 0.6 is 0 Å². The van der Waals surface area contributed by atoms with Crippen LogP contribution in [0.2, 0.25) is 0 Å². The van der Waals surface area contributed by atoms with E-state index in [-0.39, 0.29) is 16.9 Å². The highest BCUT2D eigenvalue weighted by atomic mass is 16.3. The van der Waals surface area contributed by atoms with Gasteiger partial charge in [0.25, 0.3) is 0 Å². The Morgan fingerprint density at radius 3 is 1.50 bits per heavy atom. The highest BCUT2D eigenvalue weighted by molar-refractivity contribution is 4.91. The highest BCUT2D eigenvalue weighted by Crippen LogP contribution is 2.44. The largest absolute Gasteiger partial charge is 0.392 e. The zero-order valence-electron chi connectivity index (χ0n) is 11.0. The maximum atomic E-state index is 10.4. The number of aliphatic hydroxyl groups excluding tert-OH is 1. The molecule has 1 unspecified atom stereocenters. The zero-order chi connectivity index (χ0) is 11.6. The van der Waals surface area contributed by atoms with Crippen LogP contribution in [-0.2, 0) is 0 Å². The molecule has 0 bridgehead atoms. The van der Waals surface area contributed by atoms with Gasteiger partial charge in [0.2, 0.25) is 0 Å². The summed E-state index contributed by atoms with van der Waals surface area (Å²) < 4.78 is 0. The molecule has 0 aliphatic rings. The van der Waals surface area contributed by atoms with E-state index in [4.69, 9.17) is 0 Å². The van der Waals surface area contributed by atoms with Gasteiger partial charge in [-0.25, -0.2) is 0 Å². The molecule has 0 fully saturated rings. The van der Waals surface area contributed by atoms with Gasteiger partial charge in [-0.3, -0.25) is 0 Å². The van der Waals surface area contributed by atoms with Crippen molar-refractivity contribution in [3.8, 4) is 0 Å². The molecule has 86 valence electrons. The van der Waals surface area contributed by atoms with Crippen molar-refractivity contribution < 1.29 is 5.11 Å². The number of rotatable bonds is 4. The van der Waals surface area contributed by atoms with Gasteiger partial charge in [-0.2, -0.15) is 0 Å². The second kappa shape index (κ2) is 4.65. The van der Waals surface area contributed by atoms with Crippen LogP contribution in [0.3, 0.4) is 0 Å². The summed E-state index contributed by atoms with van der Waals surface area (Å²) in [4.78, 5) is 0. The monoisotopic (exact) mass is 200 g/mol. The Balaban J connectivity index is 4.73. The molecule has 0 heterocycles. The van der Waals surface area contributed by atoms with Crippen molar-refractivity contribution in [2.24, 2.45) is 16.7 Å². The Morgan fingerprint density at radius 1 is 0.929 bits per heavy atom. The van der Waals surface area contributed by atoms with Crippen LogP contribution in [0.1, 0.15) is 61.3 Å². The summed E-state index contributed by atoms with van der Waals surface area (Å²) in [6.07, 6.45) is 1.94. The third-order valence-corrected chi connectivity index (χ3v) is 4.17. The van der Waals surface area contributed by atoms with Crippen molar-refractivity contribution in [2.75, 3.05) is 0 Å². The van der Waals surface area contributed by atoms with Crippen LogP contribution in [0.4, 0.5) is 0 Å². The lowest BCUT2D eigenvalue weighted by atomic mass is 9.62. The summed E-state index contributed by atoms with van der Waals surface area (Å²) in [6, 6.07) is 0. The molecule has 0 amide bonds. The number of hydrogen-bond donors (Lipinski definition) is 1. The van der Waals surface area contributed by atoms with Crippen LogP contribution in [0.25, 0.3) is 0 Å². The highest BCUT2D eigenvalue weighted by Gasteiger charge is 2.41. The first-order valence-corrected chi connectivity index (χ1v) is 5.86. The fourth-order valence-electron chi connectivity index (χ4n) is 1.77. The Bertz CT molecular complexity index is 161. The molecule has 0 aromatic heterocycles. The van der Waals surface area contributed by atoms with E-state index in [0.29, 0.717) is 5.92 Å². The number of aliphatic hydroxyl groups is 1. The van der Waals surface area contributed by atoms with E-state index in [0.717, 1.165) is 12.8 Å². The molecular formula is C13H28O. The van der Waals surface area contributed by atoms with Crippen molar-refractivity contribution in [2.45, 2.75) is 67.4 Å². The normalized spacial score (nSPS) is 16.1. The quantitative estimate of drug-likeness (QED) is 0.730. The second-order valence-electron chi connectivity index (χ2n) is 5.99. The third-order valence-electron chi connectivity index (χ3n) is 4.17. The predicted octanol–water partition coefficient (Wildman–Crippen LogP) is 3.86. The molecule has 14 heavy (non-hydrogen) atoms. The SMILES string of the molecule is CCC(CC)C(O)C(C)(C)C(C)(C)C. The summed E-state index contributed by atoms with van der Waals surface area (Å²) >= 11 is 0. The average molecular weight is 200 g/mol. The van der Waals surface area contributed by atoms with Crippen molar-refractivity contribution in [3.05, 3.63) is 0 Å². The number of hydrogen-bond acceptors (Lipinski definition) is 1. The Kier molecular flexibility index (Phi) is 4.64. The molecule has 1 atom stereocenters. The average Bonchev–Trinajstić information content (AvgIpc) is 2.04. The Morgan fingerprint density at radius 2 is 1.29 bits per heavy atom. The summed E-state index contributed by atoms with van der Waals surface area (Å²) in [5.41, 5.74) is 0.124. The van der Waals surface area contributed by atoms with Gasteiger partial charge in [0, 0.05) is 0 Å². The van der Waals surface area contributed by atoms with Gasteiger partial charge in [0.05, 0.1) is 6.10 Å². The molecule has 0 aromatic rings. The van der Waals surface area contributed by atoms with E-state index in [1.807, 2.05) is 0 Å². The van der Waals surface area contributed by atoms with Gasteiger partial charge in [-0.05, 0) is 16.7 Å². The summed E-state index contributed by atoms with van der Waals surface area (Å²) in [7, 11) is 0. The summed E-state index contributed by atoms with van der Waals surface area (Å²) in [6.45, 7) is 15.3. The minimum atomic E-state index is -0.197. The molecule has 0 spiro atoms. The molecule has 0 aliphatic carbocycles. The Labute approximate surface area is 89.9 Å². The standard InChI is InChI=1S/C13H28O/c1-8-10(9-2)11(14)13(6,7)12(3,4)5/h10-11,14H,8-9H2,1-7H3. The first-order chi connectivity index (χ1) is 6.18. The molecular weight excluding hydrogens is 172 g/mol. The molecule has 0 rings (SSSR count). The van der Waals surface area contributed by atoms with Gasteiger partial charge in [-0.15, -0.1) is 0 Å². The van der Waals surface area contributed by atoms with Crippen LogP contribution in [-0.4, -0.2) is 11.2 Å². The molecule has 0 aromatic carbocycles. The second-order valence-corrected chi connectivity index (χ2v) is 5.99. The van der Waals surface area contributed by atoms with Gasteiger partial charge < -0.3 is 5.11 Å². The fourth-order valence-corrected chi connectivity index (χ4v) is 1.77. The van der Waals surface area contributed by atoms with E-state index in [2.05, 4.69) is 48.5 Å². The molecule has 1 heteroatoms. The maximum Gasteiger partial charge on any atom is 0.0624 e. The van der Waals surface area contributed by atoms with E-state index in [1.54, 1.807) is 0 Å². The molecule has 1 nitrogen and oxygen atoms in total. The van der Waals surface area contributed by atoms with Gasteiger partial charge in [-0.1, -0.05) is 61.3 Å². The van der Waals surface area contributed by atoms with Crippen molar-refractivity contribution in [1.82, 2.24) is 0 Å². The fraction of sp³-hybridized carbons (Fsp3) is 1.00.